The van der Waals surface area contributed by atoms with Crippen molar-refractivity contribution in [1.82, 2.24) is 9.78 Å². The Kier molecular flexibility index (Phi) is 4.84. The lowest BCUT2D eigenvalue weighted by Gasteiger charge is -2.12. The Labute approximate surface area is 125 Å². The standard InChI is InChI=1S/C16H22ClN3/c1-11-6-4-5-7-13(11)8-9-14(18)10-15-12(2)19-20(3)16(15)17/h4-7,14H,8-10,18H2,1-3H3. The molecule has 108 valence electrons. The van der Waals surface area contributed by atoms with Gasteiger partial charge in [-0.3, -0.25) is 4.68 Å². The van der Waals surface area contributed by atoms with Crippen LogP contribution >= 0.6 is 11.6 Å². The zero-order valence-electron chi connectivity index (χ0n) is 12.4. The molecule has 3 nitrogen and oxygen atoms in total. The van der Waals surface area contributed by atoms with Crippen molar-refractivity contribution in [2.24, 2.45) is 12.8 Å². The molecule has 0 saturated carbocycles. The fourth-order valence-electron chi connectivity index (χ4n) is 2.50. The Bertz CT molecular complexity index is 589. The van der Waals surface area contributed by atoms with E-state index in [1.54, 1.807) is 4.68 Å². The summed E-state index contributed by atoms with van der Waals surface area (Å²) in [6.45, 7) is 4.12. The molecule has 4 heteroatoms. The third kappa shape index (κ3) is 3.41. The second-order valence-corrected chi connectivity index (χ2v) is 5.77. The van der Waals surface area contributed by atoms with Crippen molar-refractivity contribution in [2.45, 2.75) is 39.2 Å². The molecule has 1 aromatic heterocycles. The van der Waals surface area contributed by atoms with E-state index in [1.807, 2.05) is 14.0 Å². The molecule has 2 N–H and O–H groups in total. The van der Waals surface area contributed by atoms with Gasteiger partial charge in [-0.2, -0.15) is 5.10 Å². The molecule has 0 fully saturated rings. The molecule has 1 aromatic carbocycles. The Morgan fingerprint density at radius 3 is 2.60 bits per heavy atom. The molecule has 0 aliphatic rings. The first-order valence-corrected chi connectivity index (χ1v) is 7.35. The number of hydrogen-bond acceptors (Lipinski definition) is 2. The van der Waals surface area contributed by atoms with Crippen LogP contribution in [-0.4, -0.2) is 15.8 Å². The first-order chi connectivity index (χ1) is 9.49. The Morgan fingerprint density at radius 1 is 1.30 bits per heavy atom. The average Bonchev–Trinajstić information content (AvgIpc) is 2.64. The van der Waals surface area contributed by atoms with Crippen molar-refractivity contribution >= 4 is 11.6 Å². The van der Waals surface area contributed by atoms with Gasteiger partial charge in [-0.05, 0) is 44.2 Å². The van der Waals surface area contributed by atoms with Gasteiger partial charge >= 0.3 is 0 Å². The van der Waals surface area contributed by atoms with Gasteiger partial charge in [0.2, 0.25) is 0 Å². The molecular formula is C16H22ClN3. The largest absolute Gasteiger partial charge is 0.327 e. The number of rotatable bonds is 5. The maximum Gasteiger partial charge on any atom is 0.130 e. The topological polar surface area (TPSA) is 43.8 Å². The minimum Gasteiger partial charge on any atom is -0.327 e. The van der Waals surface area contributed by atoms with Crippen molar-refractivity contribution in [2.75, 3.05) is 0 Å². The highest BCUT2D eigenvalue weighted by Crippen LogP contribution is 2.21. The van der Waals surface area contributed by atoms with Gasteiger partial charge < -0.3 is 5.73 Å². The summed E-state index contributed by atoms with van der Waals surface area (Å²) < 4.78 is 1.71. The number of hydrogen-bond donors (Lipinski definition) is 1. The van der Waals surface area contributed by atoms with Gasteiger partial charge in [0.15, 0.2) is 0 Å². The summed E-state index contributed by atoms with van der Waals surface area (Å²) in [6, 6.07) is 8.57. The quantitative estimate of drug-likeness (QED) is 0.919. The lowest BCUT2D eigenvalue weighted by molar-refractivity contribution is 0.608. The maximum atomic E-state index is 6.25. The number of aromatic nitrogens is 2. The first kappa shape index (κ1) is 15.1. The molecule has 1 heterocycles. The van der Waals surface area contributed by atoms with Crippen molar-refractivity contribution < 1.29 is 0 Å². The molecule has 0 aliphatic carbocycles. The van der Waals surface area contributed by atoms with E-state index < -0.39 is 0 Å². The van der Waals surface area contributed by atoms with Crippen LogP contribution in [0.5, 0.6) is 0 Å². The van der Waals surface area contributed by atoms with Gasteiger partial charge in [0.1, 0.15) is 5.15 Å². The molecular weight excluding hydrogens is 270 g/mol. The van der Waals surface area contributed by atoms with Crippen LogP contribution in [0.15, 0.2) is 24.3 Å². The summed E-state index contributed by atoms with van der Waals surface area (Å²) in [4.78, 5) is 0. The van der Waals surface area contributed by atoms with Crippen molar-refractivity contribution in [1.29, 1.82) is 0 Å². The fraction of sp³-hybridized carbons (Fsp3) is 0.438. The number of halogens is 1. The van der Waals surface area contributed by atoms with E-state index in [2.05, 4.69) is 36.3 Å². The smallest absolute Gasteiger partial charge is 0.130 e. The summed E-state index contributed by atoms with van der Waals surface area (Å²) in [7, 11) is 1.86. The summed E-state index contributed by atoms with van der Waals surface area (Å²) in [5.41, 5.74) is 11.0. The van der Waals surface area contributed by atoms with Crippen molar-refractivity contribution in [3.63, 3.8) is 0 Å². The lowest BCUT2D eigenvalue weighted by atomic mass is 9.98. The van der Waals surface area contributed by atoms with Gasteiger partial charge in [0, 0.05) is 18.7 Å². The van der Waals surface area contributed by atoms with Crippen molar-refractivity contribution in [3.05, 3.63) is 51.8 Å². The van der Waals surface area contributed by atoms with Crippen LogP contribution in [0, 0.1) is 13.8 Å². The van der Waals surface area contributed by atoms with Crippen LogP contribution in [0.1, 0.15) is 28.8 Å². The molecule has 1 unspecified atom stereocenters. The van der Waals surface area contributed by atoms with Gasteiger partial charge in [-0.15, -0.1) is 0 Å². The zero-order chi connectivity index (χ0) is 14.7. The fourth-order valence-corrected chi connectivity index (χ4v) is 2.75. The highest BCUT2D eigenvalue weighted by molar-refractivity contribution is 6.30. The SMILES string of the molecule is Cc1ccccc1CCC(N)Cc1c(C)nn(C)c1Cl. The molecule has 0 bridgehead atoms. The lowest BCUT2D eigenvalue weighted by Crippen LogP contribution is -2.24. The molecule has 0 radical (unpaired) electrons. The monoisotopic (exact) mass is 291 g/mol. The number of nitrogens with two attached hydrogens (primary N) is 1. The Hall–Kier alpha value is -1.32. The van der Waals surface area contributed by atoms with Gasteiger partial charge in [0.25, 0.3) is 0 Å². The molecule has 0 saturated heterocycles. The van der Waals surface area contributed by atoms with E-state index in [1.165, 1.54) is 11.1 Å². The van der Waals surface area contributed by atoms with E-state index in [0.717, 1.165) is 30.5 Å². The van der Waals surface area contributed by atoms with Gasteiger partial charge in [0.05, 0.1) is 5.69 Å². The Balaban J connectivity index is 1.96. The minimum atomic E-state index is 0.106. The van der Waals surface area contributed by atoms with Crippen LogP contribution in [0.4, 0.5) is 0 Å². The van der Waals surface area contributed by atoms with Crippen LogP contribution < -0.4 is 5.73 Å². The van der Waals surface area contributed by atoms with Crippen LogP contribution in [0.2, 0.25) is 5.15 Å². The van der Waals surface area contributed by atoms with E-state index >= 15 is 0 Å². The summed E-state index contributed by atoms with van der Waals surface area (Å²) in [6.07, 6.45) is 2.74. The third-order valence-electron chi connectivity index (χ3n) is 3.78. The maximum absolute atomic E-state index is 6.25. The average molecular weight is 292 g/mol. The van der Waals surface area contributed by atoms with Crippen LogP contribution in [-0.2, 0) is 19.9 Å². The number of benzene rings is 1. The van der Waals surface area contributed by atoms with E-state index in [4.69, 9.17) is 17.3 Å². The van der Waals surface area contributed by atoms with Crippen LogP contribution in [0.25, 0.3) is 0 Å². The van der Waals surface area contributed by atoms with E-state index in [0.29, 0.717) is 5.15 Å². The highest BCUT2D eigenvalue weighted by atomic mass is 35.5. The Morgan fingerprint density at radius 2 is 2.00 bits per heavy atom. The molecule has 1 atom stereocenters. The molecule has 0 spiro atoms. The van der Waals surface area contributed by atoms with E-state index in [9.17, 15) is 0 Å². The molecule has 0 amide bonds. The second kappa shape index (κ2) is 6.42. The molecule has 2 rings (SSSR count). The molecule has 20 heavy (non-hydrogen) atoms. The highest BCUT2D eigenvalue weighted by Gasteiger charge is 2.14. The minimum absolute atomic E-state index is 0.106. The summed E-state index contributed by atoms with van der Waals surface area (Å²) in [5.74, 6) is 0. The number of nitrogens with zero attached hydrogens (tertiary/aromatic N) is 2. The second-order valence-electron chi connectivity index (χ2n) is 5.41. The predicted octanol–water partition coefficient (Wildman–Crippen LogP) is 3.19. The number of aryl methyl sites for hydroxylation is 4. The van der Waals surface area contributed by atoms with Crippen LogP contribution in [0.3, 0.4) is 0 Å². The zero-order valence-corrected chi connectivity index (χ0v) is 13.1. The first-order valence-electron chi connectivity index (χ1n) is 6.97. The molecule has 0 aliphatic heterocycles. The predicted molar refractivity (Wildman–Crippen MR) is 84.1 cm³/mol. The summed E-state index contributed by atoms with van der Waals surface area (Å²) >= 11 is 6.25. The summed E-state index contributed by atoms with van der Waals surface area (Å²) in [5, 5.41) is 5.03. The van der Waals surface area contributed by atoms with Gasteiger partial charge in [-0.1, -0.05) is 35.9 Å². The molecule has 2 aromatic rings. The normalized spacial score (nSPS) is 12.7. The third-order valence-corrected chi connectivity index (χ3v) is 4.25. The van der Waals surface area contributed by atoms with Gasteiger partial charge in [-0.25, -0.2) is 0 Å². The van der Waals surface area contributed by atoms with Crippen molar-refractivity contribution in [3.8, 4) is 0 Å². The van der Waals surface area contributed by atoms with E-state index in [-0.39, 0.29) is 6.04 Å².